The summed E-state index contributed by atoms with van der Waals surface area (Å²) in [6.45, 7) is 8.51. The number of hydrogen-bond acceptors (Lipinski definition) is 6. The number of rotatable bonds is 3. The SMILES string of the molecule is Cc1ncc(-c2nc(O)c(O)c(C(=O)NC3CCC(C(C)(C)C)CC3)n2)[nH]1. The van der Waals surface area contributed by atoms with Crippen molar-refractivity contribution < 1.29 is 15.0 Å². The standard InChI is InChI=1S/C19H27N5O3/c1-10-20-9-13(21-10)16-23-14(15(25)18(27)24-16)17(26)22-12-7-5-11(6-8-12)19(2,3)4/h9,11-12,25H,5-8H2,1-4H3,(H,20,21)(H,22,26)(H,23,24,27). The van der Waals surface area contributed by atoms with Crippen LogP contribution < -0.4 is 5.32 Å². The lowest BCUT2D eigenvalue weighted by atomic mass is 9.71. The molecule has 1 fully saturated rings. The minimum Gasteiger partial charge on any atom is -0.501 e. The van der Waals surface area contributed by atoms with Crippen molar-refractivity contribution in [3.8, 4) is 23.1 Å². The van der Waals surface area contributed by atoms with Crippen LogP contribution in [0.15, 0.2) is 6.20 Å². The van der Waals surface area contributed by atoms with Gasteiger partial charge in [0.25, 0.3) is 11.8 Å². The highest BCUT2D eigenvalue weighted by atomic mass is 16.3. The second kappa shape index (κ2) is 7.17. The predicted octanol–water partition coefficient (Wildman–Crippen LogP) is 2.92. The molecular weight excluding hydrogens is 346 g/mol. The molecule has 0 aliphatic heterocycles. The van der Waals surface area contributed by atoms with Gasteiger partial charge in [0.2, 0.25) is 5.75 Å². The fourth-order valence-corrected chi connectivity index (χ4v) is 3.61. The first-order valence-corrected chi connectivity index (χ1v) is 9.28. The van der Waals surface area contributed by atoms with Crippen LogP contribution in [0.4, 0.5) is 0 Å². The molecule has 3 rings (SSSR count). The lowest BCUT2D eigenvalue weighted by molar-refractivity contribution is 0.0895. The van der Waals surface area contributed by atoms with E-state index in [9.17, 15) is 15.0 Å². The summed E-state index contributed by atoms with van der Waals surface area (Å²) < 4.78 is 0. The zero-order chi connectivity index (χ0) is 19.8. The van der Waals surface area contributed by atoms with Crippen LogP contribution >= 0.6 is 0 Å². The van der Waals surface area contributed by atoms with Gasteiger partial charge in [0.15, 0.2) is 11.5 Å². The van der Waals surface area contributed by atoms with E-state index < -0.39 is 17.5 Å². The van der Waals surface area contributed by atoms with Crippen molar-refractivity contribution in [3.05, 3.63) is 17.7 Å². The van der Waals surface area contributed by atoms with Crippen LogP contribution in [0.3, 0.4) is 0 Å². The van der Waals surface area contributed by atoms with E-state index in [4.69, 9.17) is 0 Å². The first-order chi connectivity index (χ1) is 12.6. The second-order valence-electron chi connectivity index (χ2n) is 8.34. The predicted molar refractivity (Wildman–Crippen MR) is 100 cm³/mol. The van der Waals surface area contributed by atoms with Crippen LogP contribution in [0.2, 0.25) is 0 Å². The molecule has 1 aliphatic rings. The topological polar surface area (TPSA) is 124 Å². The number of nitrogens with one attached hydrogen (secondary N) is 2. The van der Waals surface area contributed by atoms with E-state index in [0.29, 0.717) is 17.4 Å². The fraction of sp³-hybridized carbons (Fsp3) is 0.579. The van der Waals surface area contributed by atoms with E-state index in [-0.39, 0.29) is 23.0 Å². The Morgan fingerprint density at radius 2 is 1.85 bits per heavy atom. The van der Waals surface area contributed by atoms with Crippen LogP contribution in [0, 0.1) is 18.3 Å². The molecule has 0 unspecified atom stereocenters. The van der Waals surface area contributed by atoms with Crippen LogP contribution in [-0.4, -0.2) is 42.1 Å². The molecule has 27 heavy (non-hydrogen) atoms. The number of nitrogens with zero attached hydrogens (tertiary/aromatic N) is 3. The Labute approximate surface area is 158 Å². The number of aromatic amines is 1. The minimum absolute atomic E-state index is 0.0328. The van der Waals surface area contributed by atoms with E-state index in [2.05, 4.69) is 46.0 Å². The molecule has 146 valence electrons. The molecule has 0 spiro atoms. The van der Waals surface area contributed by atoms with Gasteiger partial charge in [0.1, 0.15) is 11.5 Å². The summed E-state index contributed by atoms with van der Waals surface area (Å²) in [5, 5.41) is 22.9. The highest BCUT2D eigenvalue weighted by Gasteiger charge is 2.31. The maximum absolute atomic E-state index is 12.7. The van der Waals surface area contributed by atoms with Gasteiger partial charge in [-0.15, -0.1) is 0 Å². The van der Waals surface area contributed by atoms with Gasteiger partial charge in [0, 0.05) is 6.04 Å². The number of hydrogen-bond donors (Lipinski definition) is 4. The molecule has 8 heteroatoms. The molecule has 0 aromatic carbocycles. The van der Waals surface area contributed by atoms with E-state index in [1.807, 2.05) is 0 Å². The van der Waals surface area contributed by atoms with Crippen molar-refractivity contribution in [2.24, 2.45) is 11.3 Å². The Balaban J connectivity index is 1.74. The molecule has 1 aliphatic carbocycles. The lowest BCUT2D eigenvalue weighted by Crippen LogP contribution is -2.39. The molecule has 2 heterocycles. The summed E-state index contributed by atoms with van der Waals surface area (Å²) in [6.07, 6.45) is 5.38. The molecule has 8 nitrogen and oxygen atoms in total. The Kier molecular flexibility index (Phi) is 5.08. The van der Waals surface area contributed by atoms with E-state index >= 15 is 0 Å². The third-order valence-corrected chi connectivity index (χ3v) is 5.31. The molecule has 2 aromatic rings. The largest absolute Gasteiger partial charge is 0.501 e. The monoisotopic (exact) mass is 373 g/mol. The molecule has 0 atom stereocenters. The van der Waals surface area contributed by atoms with Crippen LogP contribution in [0.1, 0.15) is 62.8 Å². The number of amides is 1. The molecule has 0 saturated heterocycles. The summed E-state index contributed by atoms with van der Waals surface area (Å²) >= 11 is 0. The Morgan fingerprint density at radius 1 is 1.19 bits per heavy atom. The van der Waals surface area contributed by atoms with Crippen LogP contribution in [-0.2, 0) is 0 Å². The maximum atomic E-state index is 12.7. The molecule has 4 N–H and O–H groups in total. The highest BCUT2D eigenvalue weighted by molar-refractivity contribution is 5.96. The first kappa shape index (κ1) is 19.1. The summed E-state index contributed by atoms with van der Waals surface area (Å²) in [7, 11) is 0. The van der Waals surface area contributed by atoms with Crippen LogP contribution in [0.25, 0.3) is 11.5 Å². The number of aromatic hydroxyl groups is 2. The number of carbonyl (C=O) groups excluding carboxylic acids is 1. The number of carbonyl (C=O) groups is 1. The minimum atomic E-state index is -0.631. The zero-order valence-electron chi connectivity index (χ0n) is 16.2. The first-order valence-electron chi connectivity index (χ1n) is 9.28. The number of imidazole rings is 1. The maximum Gasteiger partial charge on any atom is 0.274 e. The third kappa shape index (κ3) is 4.20. The Morgan fingerprint density at radius 3 is 2.41 bits per heavy atom. The molecular formula is C19H27N5O3. The third-order valence-electron chi connectivity index (χ3n) is 5.31. The Bertz CT molecular complexity index is 832. The van der Waals surface area contributed by atoms with Gasteiger partial charge in [-0.25, -0.2) is 9.97 Å². The van der Waals surface area contributed by atoms with E-state index in [1.54, 1.807) is 6.92 Å². The van der Waals surface area contributed by atoms with Crippen molar-refractivity contribution in [2.45, 2.75) is 59.4 Å². The van der Waals surface area contributed by atoms with Gasteiger partial charge in [-0.05, 0) is 43.9 Å². The van der Waals surface area contributed by atoms with Crippen molar-refractivity contribution >= 4 is 5.91 Å². The normalized spacial score (nSPS) is 20.4. The van der Waals surface area contributed by atoms with Gasteiger partial charge in [-0.2, -0.15) is 4.98 Å². The molecule has 1 amide bonds. The molecule has 1 saturated carbocycles. The van der Waals surface area contributed by atoms with E-state index in [1.165, 1.54) is 6.20 Å². The average Bonchev–Trinajstić information content (AvgIpc) is 3.03. The summed E-state index contributed by atoms with van der Waals surface area (Å²) in [6, 6.07) is 0.0328. The molecule has 2 aromatic heterocycles. The van der Waals surface area contributed by atoms with Crippen molar-refractivity contribution in [1.29, 1.82) is 0 Å². The summed E-state index contributed by atoms with van der Waals surface area (Å²) in [5.74, 6) is -0.362. The zero-order valence-corrected chi connectivity index (χ0v) is 16.2. The van der Waals surface area contributed by atoms with Crippen molar-refractivity contribution in [1.82, 2.24) is 25.3 Å². The number of aromatic nitrogens is 4. The summed E-state index contributed by atoms with van der Waals surface area (Å²) in [5.41, 5.74) is 0.494. The Hall–Kier alpha value is -2.64. The van der Waals surface area contributed by atoms with Gasteiger partial charge < -0.3 is 20.5 Å². The summed E-state index contributed by atoms with van der Waals surface area (Å²) in [4.78, 5) is 27.6. The van der Waals surface area contributed by atoms with Gasteiger partial charge >= 0.3 is 0 Å². The number of aryl methyl sites for hydroxylation is 1. The van der Waals surface area contributed by atoms with E-state index in [0.717, 1.165) is 25.7 Å². The molecule has 0 radical (unpaired) electrons. The lowest BCUT2D eigenvalue weighted by Gasteiger charge is -2.37. The van der Waals surface area contributed by atoms with Gasteiger partial charge in [-0.1, -0.05) is 20.8 Å². The average molecular weight is 373 g/mol. The fourth-order valence-electron chi connectivity index (χ4n) is 3.61. The van der Waals surface area contributed by atoms with Crippen LogP contribution in [0.5, 0.6) is 11.6 Å². The smallest absolute Gasteiger partial charge is 0.274 e. The van der Waals surface area contributed by atoms with Gasteiger partial charge in [-0.3, -0.25) is 4.79 Å². The quantitative estimate of drug-likeness (QED) is 0.656. The van der Waals surface area contributed by atoms with Gasteiger partial charge in [0.05, 0.1) is 6.20 Å². The number of H-pyrrole nitrogens is 1. The second-order valence-corrected chi connectivity index (χ2v) is 8.34. The highest BCUT2D eigenvalue weighted by Crippen LogP contribution is 2.38. The van der Waals surface area contributed by atoms with Crippen molar-refractivity contribution in [3.63, 3.8) is 0 Å². The van der Waals surface area contributed by atoms with Crippen molar-refractivity contribution in [2.75, 3.05) is 0 Å². The molecule has 0 bridgehead atoms.